The second-order valence-corrected chi connectivity index (χ2v) is 5.04. The van der Waals surface area contributed by atoms with Crippen molar-refractivity contribution in [1.82, 2.24) is 4.98 Å². The molecule has 0 amide bonds. The van der Waals surface area contributed by atoms with E-state index >= 15 is 0 Å². The topological polar surface area (TPSA) is 62.2 Å². The van der Waals surface area contributed by atoms with Crippen LogP contribution in [0.5, 0.6) is 0 Å². The van der Waals surface area contributed by atoms with E-state index in [9.17, 15) is 9.90 Å². The first-order chi connectivity index (χ1) is 10.7. The number of pyridine rings is 1. The Labute approximate surface area is 128 Å². The Morgan fingerprint density at radius 1 is 1.14 bits per heavy atom. The van der Waals surface area contributed by atoms with Gasteiger partial charge in [-0.25, -0.2) is 4.79 Å². The van der Waals surface area contributed by atoms with E-state index < -0.39 is 5.97 Å². The summed E-state index contributed by atoms with van der Waals surface area (Å²) in [7, 11) is 0. The lowest BCUT2D eigenvalue weighted by atomic mass is 10.1. The summed E-state index contributed by atoms with van der Waals surface area (Å²) in [4.78, 5) is 15.7. The van der Waals surface area contributed by atoms with E-state index in [-0.39, 0.29) is 5.56 Å². The molecule has 4 nitrogen and oxygen atoms in total. The van der Waals surface area contributed by atoms with Crippen molar-refractivity contribution in [2.45, 2.75) is 13.3 Å². The highest BCUT2D eigenvalue weighted by Gasteiger charge is 2.10. The van der Waals surface area contributed by atoms with Crippen molar-refractivity contribution in [3.63, 3.8) is 0 Å². The molecule has 0 spiro atoms. The van der Waals surface area contributed by atoms with E-state index in [0.717, 1.165) is 23.0 Å². The van der Waals surface area contributed by atoms with Crippen LogP contribution in [-0.4, -0.2) is 16.1 Å². The number of nitrogens with one attached hydrogen (secondary N) is 1. The van der Waals surface area contributed by atoms with E-state index in [0.29, 0.717) is 5.69 Å². The zero-order valence-electron chi connectivity index (χ0n) is 12.2. The summed E-state index contributed by atoms with van der Waals surface area (Å²) < 4.78 is 0. The van der Waals surface area contributed by atoms with Crippen LogP contribution < -0.4 is 5.32 Å². The number of para-hydroxylation sites is 1. The zero-order valence-corrected chi connectivity index (χ0v) is 12.2. The normalized spacial score (nSPS) is 10.6. The molecule has 0 radical (unpaired) electrons. The van der Waals surface area contributed by atoms with Crippen LogP contribution in [0.1, 0.15) is 22.8 Å². The molecule has 3 rings (SSSR count). The maximum absolute atomic E-state index is 11.3. The molecule has 0 aliphatic heterocycles. The zero-order chi connectivity index (χ0) is 15.5. The largest absolute Gasteiger partial charge is 0.478 e. The summed E-state index contributed by atoms with van der Waals surface area (Å²) in [6.07, 6.45) is 2.66. The smallest absolute Gasteiger partial charge is 0.337 e. The third-order valence-corrected chi connectivity index (χ3v) is 3.64. The molecule has 0 aliphatic carbocycles. The van der Waals surface area contributed by atoms with Gasteiger partial charge in [-0.3, -0.25) is 4.98 Å². The predicted octanol–water partition coefficient (Wildman–Crippen LogP) is 4.24. The van der Waals surface area contributed by atoms with Crippen molar-refractivity contribution >= 4 is 28.2 Å². The average Bonchev–Trinajstić information content (AvgIpc) is 2.55. The number of carboxylic acids is 1. The highest BCUT2D eigenvalue weighted by Crippen LogP contribution is 2.27. The molecule has 1 heterocycles. The number of rotatable bonds is 4. The number of benzene rings is 2. The molecule has 0 saturated heterocycles. The van der Waals surface area contributed by atoms with Crippen molar-refractivity contribution in [2.75, 3.05) is 5.32 Å². The van der Waals surface area contributed by atoms with Gasteiger partial charge in [0.15, 0.2) is 0 Å². The molecule has 0 aliphatic rings. The van der Waals surface area contributed by atoms with Gasteiger partial charge >= 0.3 is 5.97 Å². The fraction of sp³-hybridized carbons (Fsp3) is 0.111. The first-order valence-electron chi connectivity index (χ1n) is 7.16. The molecule has 4 heteroatoms. The maximum Gasteiger partial charge on any atom is 0.337 e. The average molecular weight is 292 g/mol. The highest BCUT2D eigenvalue weighted by molar-refractivity contribution is 5.98. The number of hydrogen-bond acceptors (Lipinski definition) is 3. The van der Waals surface area contributed by atoms with Crippen molar-refractivity contribution in [3.8, 4) is 0 Å². The van der Waals surface area contributed by atoms with E-state index in [1.807, 2.05) is 18.2 Å². The van der Waals surface area contributed by atoms with Crippen LogP contribution in [-0.2, 0) is 6.42 Å². The van der Waals surface area contributed by atoms with Gasteiger partial charge in [-0.05, 0) is 42.3 Å². The minimum atomic E-state index is -0.948. The molecular formula is C18H16N2O2. The molecular weight excluding hydrogens is 276 g/mol. The first kappa shape index (κ1) is 14.1. The van der Waals surface area contributed by atoms with Crippen LogP contribution in [0.15, 0.2) is 54.7 Å². The van der Waals surface area contributed by atoms with E-state index in [1.165, 1.54) is 5.56 Å². The van der Waals surface area contributed by atoms with E-state index in [4.69, 9.17) is 0 Å². The summed E-state index contributed by atoms with van der Waals surface area (Å²) in [5.74, 6) is -0.948. The van der Waals surface area contributed by atoms with Gasteiger partial charge in [-0.1, -0.05) is 25.1 Å². The van der Waals surface area contributed by atoms with Crippen LogP contribution in [0, 0.1) is 0 Å². The van der Waals surface area contributed by atoms with Gasteiger partial charge < -0.3 is 10.4 Å². The summed E-state index contributed by atoms with van der Waals surface area (Å²) in [6, 6.07) is 14.9. The monoisotopic (exact) mass is 292 g/mol. The van der Waals surface area contributed by atoms with Crippen LogP contribution in [0.3, 0.4) is 0 Å². The number of carboxylic acid groups (broad SMARTS) is 1. The SMILES string of the molecule is CCc1ccc2nccc(Nc3ccccc3C(=O)O)c2c1. The van der Waals surface area contributed by atoms with Crippen LogP contribution in [0.25, 0.3) is 10.9 Å². The number of hydrogen-bond donors (Lipinski definition) is 2. The summed E-state index contributed by atoms with van der Waals surface area (Å²) in [6.45, 7) is 2.10. The summed E-state index contributed by atoms with van der Waals surface area (Å²) >= 11 is 0. The Balaban J connectivity index is 2.09. The van der Waals surface area contributed by atoms with Crippen molar-refractivity contribution < 1.29 is 9.90 Å². The van der Waals surface area contributed by atoms with Gasteiger partial charge in [0.2, 0.25) is 0 Å². The van der Waals surface area contributed by atoms with Crippen LogP contribution in [0.2, 0.25) is 0 Å². The third kappa shape index (κ3) is 2.63. The molecule has 0 bridgehead atoms. The molecule has 0 unspecified atom stereocenters. The van der Waals surface area contributed by atoms with Gasteiger partial charge in [0.1, 0.15) is 0 Å². The number of nitrogens with zero attached hydrogens (tertiary/aromatic N) is 1. The number of carbonyl (C=O) groups is 1. The Morgan fingerprint density at radius 3 is 2.73 bits per heavy atom. The molecule has 110 valence electrons. The lowest BCUT2D eigenvalue weighted by Crippen LogP contribution is -2.02. The Hall–Kier alpha value is -2.88. The third-order valence-electron chi connectivity index (χ3n) is 3.64. The number of aromatic nitrogens is 1. The van der Waals surface area contributed by atoms with Crippen molar-refractivity contribution in [2.24, 2.45) is 0 Å². The Morgan fingerprint density at radius 2 is 1.95 bits per heavy atom. The fourth-order valence-electron chi connectivity index (χ4n) is 2.45. The number of anilines is 2. The Kier molecular flexibility index (Phi) is 3.74. The van der Waals surface area contributed by atoms with Gasteiger partial charge in [0.05, 0.1) is 16.8 Å². The van der Waals surface area contributed by atoms with Crippen molar-refractivity contribution in [3.05, 3.63) is 65.9 Å². The number of fused-ring (bicyclic) bond motifs is 1. The minimum absolute atomic E-state index is 0.249. The van der Waals surface area contributed by atoms with E-state index in [1.54, 1.807) is 24.4 Å². The lowest BCUT2D eigenvalue weighted by molar-refractivity contribution is 0.0698. The number of aromatic carboxylic acids is 1. The predicted molar refractivity (Wildman–Crippen MR) is 87.8 cm³/mol. The highest BCUT2D eigenvalue weighted by atomic mass is 16.4. The van der Waals surface area contributed by atoms with Gasteiger partial charge in [-0.2, -0.15) is 0 Å². The van der Waals surface area contributed by atoms with Crippen LogP contribution >= 0.6 is 0 Å². The standard InChI is InChI=1S/C18H16N2O2/c1-2-12-7-8-15-14(11-12)17(9-10-19-15)20-16-6-4-3-5-13(16)18(21)22/h3-11H,2H2,1H3,(H,19,20)(H,21,22). The van der Waals surface area contributed by atoms with Gasteiger partial charge in [0.25, 0.3) is 0 Å². The first-order valence-corrected chi connectivity index (χ1v) is 7.16. The minimum Gasteiger partial charge on any atom is -0.478 e. The summed E-state index contributed by atoms with van der Waals surface area (Å²) in [5.41, 5.74) is 3.78. The molecule has 0 fully saturated rings. The molecule has 0 saturated carbocycles. The van der Waals surface area contributed by atoms with E-state index in [2.05, 4.69) is 29.4 Å². The lowest BCUT2D eigenvalue weighted by Gasteiger charge is -2.12. The molecule has 22 heavy (non-hydrogen) atoms. The molecule has 2 aromatic carbocycles. The molecule has 1 aromatic heterocycles. The molecule has 3 aromatic rings. The molecule has 2 N–H and O–H groups in total. The summed E-state index contributed by atoms with van der Waals surface area (Å²) in [5, 5.41) is 13.5. The van der Waals surface area contributed by atoms with Gasteiger partial charge in [0, 0.05) is 17.3 Å². The molecule has 0 atom stereocenters. The van der Waals surface area contributed by atoms with Crippen molar-refractivity contribution in [1.29, 1.82) is 0 Å². The maximum atomic E-state index is 11.3. The van der Waals surface area contributed by atoms with Crippen LogP contribution in [0.4, 0.5) is 11.4 Å². The fourth-order valence-corrected chi connectivity index (χ4v) is 2.45. The van der Waals surface area contributed by atoms with Gasteiger partial charge in [-0.15, -0.1) is 0 Å². The number of aryl methyl sites for hydroxylation is 1. The second kappa shape index (κ2) is 5.85. The second-order valence-electron chi connectivity index (χ2n) is 5.04. The Bertz CT molecular complexity index is 843. The quantitative estimate of drug-likeness (QED) is 0.755.